The topological polar surface area (TPSA) is 52.1 Å². The summed E-state index contributed by atoms with van der Waals surface area (Å²) in [6, 6.07) is 3.52. The summed E-state index contributed by atoms with van der Waals surface area (Å²) in [5, 5.41) is 0. The first-order valence-electron chi connectivity index (χ1n) is 3.77. The van der Waals surface area contributed by atoms with Gasteiger partial charge in [0.25, 0.3) is 0 Å². The second-order valence-electron chi connectivity index (χ2n) is 2.60. The maximum atomic E-state index is 10.8. The Kier molecular flexibility index (Phi) is 2.67. The third-order valence-electron chi connectivity index (χ3n) is 1.58. The first-order valence-corrected chi connectivity index (χ1v) is 6.10. The van der Waals surface area contributed by atoms with Gasteiger partial charge < -0.3 is 0 Å². The van der Waals surface area contributed by atoms with Crippen LogP contribution in [0.25, 0.3) is 11.0 Å². The van der Waals surface area contributed by atoms with Gasteiger partial charge >= 0.3 is 94.7 Å². The van der Waals surface area contributed by atoms with Gasteiger partial charge in [0.15, 0.2) is 0 Å². The molecular weight excluding hydrogens is 315 g/mol. The van der Waals surface area contributed by atoms with Crippen molar-refractivity contribution in [2.24, 2.45) is 0 Å². The van der Waals surface area contributed by atoms with E-state index in [0.29, 0.717) is 10.2 Å². The molecule has 0 bridgehead atoms. The van der Waals surface area contributed by atoms with E-state index < -0.39 is 0 Å². The summed E-state index contributed by atoms with van der Waals surface area (Å²) in [4.78, 5) is 10.8. The molecule has 0 aliphatic heterocycles. The number of hydrogen-bond donors (Lipinski definition) is 0. The monoisotopic (exact) mass is 320 g/mol. The van der Waals surface area contributed by atoms with Crippen LogP contribution in [-0.2, 0) is 4.79 Å². The molecule has 0 atom stereocenters. The third kappa shape index (κ3) is 1.73. The predicted molar refractivity (Wildman–Crippen MR) is 55.5 cm³/mol. The van der Waals surface area contributed by atoms with E-state index in [2.05, 4.69) is 23.9 Å². The van der Waals surface area contributed by atoms with Crippen molar-refractivity contribution in [2.45, 2.75) is 6.92 Å². The van der Waals surface area contributed by atoms with E-state index in [9.17, 15) is 4.79 Å². The predicted octanol–water partition coefficient (Wildman–Crippen LogP) is 1.37. The van der Waals surface area contributed by atoms with Gasteiger partial charge in [0.1, 0.15) is 0 Å². The molecular formula is C8H5BrN2O2Se. The number of nitrogens with zero attached hydrogens (tertiary/aromatic N) is 2. The van der Waals surface area contributed by atoms with Crippen molar-refractivity contribution < 1.29 is 9.53 Å². The van der Waals surface area contributed by atoms with E-state index in [-0.39, 0.29) is 20.9 Å². The Balaban J connectivity index is 2.56. The summed E-state index contributed by atoms with van der Waals surface area (Å²) in [6.07, 6.45) is 0. The molecule has 0 N–H and O–H groups in total. The summed E-state index contributed by atoms with van der Waals surface area (Å²) in [6.45, 7) is 1.37. The average molecular weight is 320 g/mol. The van der Waals surface area contributed by atoms with Crippen LogP contribution in [0.3, 0.4) is 0 Å². The Bertz CT molecular complexity index is 497. The van der Waals surface area contributed by atoms with E-state index in [1.165, 1.54) is 6.92 Å². The molecule has 6 heteroatoms. The summed E-state index contributed by atoms with van der Waals surface area (Å²) in [5.41, 5.74) is 1.64. The molecule has 0 saturated heterocycles. The Labute approximate surface area is 94.6 Å². The second-order valence-corrected chi connectivity index (χ2v) is 4.51. The van der Waals surface area contributed by atoms with Gasteiger partial charge in [-0.2, -0.15) is 0 Å². The van der Waals surface area contributed by atoms with Gasteiger partial charge in [-0.15, -0.1) is 0 Å². The molecule has 1 aromatic carbocycles. The van der Waals surface area contributed by atoms with E-state index in [1.54, 1.807) is 12.1 Å². The molecule has 0 unspecified atom stereocenters. The fourth-order valence-electron chi connectivity index (χ4n) is 1.04. The van der Waals surface area contributed by atoms with Crippen molar-refractivity contribution in [1.82, 2.24) is 7.96 Å². The molecule has 14 heavy (non-hydrogen) atoms. The molecule has 0 spiro atoms. The molecule has 1 heterocycles. The number of benzene rings is 1. The van der Waals surface area contributed by atoms with Crippen LogP contribution in [0.1, 0.15) is 6.92 Å². The molecule has 1 aromatic heterocycles. The van der Waals surface area contributed by atoms with Crippen molar-refractivity contribution in [1.29, 1.82) is 0 Å². The van der Waals surface area contributed by atoms with Crippen LogP contribution in [0, 0.1) is 0 Å². The first kappa shape index (κ1) is 9.83. The van der Waals surface area contributed by atoms with Crippen molar-refractivity contribution >= 4 is 47.9 Å². The van der Waals surface area contributed by atoms with Gasteiger partial charge in [0.05, 0.1) is 0 Å². The number of ether oxygens (including phenoxy) is 1. The van der Waals surface area contributed by atoms with Crippen LogP contribution < -0.4 is 4.74 Å². The molecule has 0 radical (unpaired) electrons. The number of carbonyl (C=O) groups is 1. The van der Waals surface area contributed by atoms with E-state index in [1.807, 2.05) is 0 Å². The molecule has 0 amide bonds. The van der Waals surface area contributed by atoms with Crippen LogP contribution in [-0.4, -0.2) is 28.9 Å². The summed E-state index contributed by atoms with van der Waals surface area (Å²) in [5.74, 6) is 0.152. The van der Waals surface area contributed by atoms with Gasteiger partial charge in [0.2, 0.25) is 0 Å². The van der Waals surface area contributed by atoms with Gasteiger partial charge in [-0.1, -0.05) is 0 Å². The molecule has 2 rings (SSSR count). The first-order chi connectivity index (χ1) is 6.68. The summed E-state index contributed by atoms with van der Waals surface area (Å²) < 4.78 is 14.1. The Morgan fingerprint density at radius 1 is 1.50 bits per heavy atom. The minimum atomic E-state index is -0.342. The van der Waals surface area contributed by atoms with E-state index >= 15 is 0 Å². The Morgan fingerprint density at radius 3 is 3.00 bits per heavy atom. The summed E-state index contributed by atoms with van der Waals surface area (Å²) >= 11 is 3.27. The number of aromatic nitrogens is 2. The molecule has 0 aliphatic carbocycles. The van der Waals surface area contributed by atoms with Gasteiger partial charge in [-0.25, -0.2) is 0 Å². The van der Waals surface area contributed by atoms with Crippen molar-refractivity contribution in [3.63, 3.8) is 0 Å². The quantitative estimate of drug-likeness (QED) is 0.452. The standard InChI is InChI=1S/C8H5BrN2O2Se/c1-4(12)13-6-3-2-5-8(7(6)9)11-14-10-5/h2-3H,1H3. The average Bonchev–Trinajstić information content (AvgIpc) is 2.57. The Hall–Kier alpha value is -0.711. The van der Waals surface area contributed by atoms with E-state index in [4.69, 9.17) is 4.74 Å². The normalized spacial score (nSPS) is 10.4. The zero-order valence-corrected chi connectivity index (χ0v) is 10.5. The number of halogens is 1. The zero-order chi connectivity index (χ0) is 10.1. The SMILES string of the molecule is CC(=O)Oc1ccc2n[se]nc2c1Br. The number of carbonyl (C=O) groups excluding carboxylic acids is 1. The van der Waals surface area contributed by atoms with Crippen molar-refractivity contribution in [3.8, 4) is 5.75 Å². The summed E-state index contributed by atoms with van der Waals surface area (Å²) in [7, 11) is 0. The molecule has 72 valence electrons. The van der Waals surface area contributed by atoms with Crippen molar-refractivity contribution in [2.75, 3.05) is 0 Å². The molecule has 2 aromatic rings. The number of rotatable bonds is 1. The van der Waals surface area contributed by atoms with Crippen molar-refractivity contribution in [3.05, 3.63) is 16.6 Å². The third-order valence-corrected chi connectivity index (χ3v) is 3.49. The molecule has 0 aliphatic rings. The second kappa shape index (κ2) is 3.80. The molecule has 4 nitrogen and oxygen atoms in total. The van der Waals surface area contributed by atoms with Gasteiger partial charge in [-0.05, 0) is 0 Å². The van der Waals surface area contributed by atoms with Crippen LogP contribution >= 0.6 is 15.9 Å². The molecule has 0 saturated carbocycles. The maximum absolute atomic E-state index is 10.8. The van der Waals surface area contributed by atoms with Crippen LogP contribution in [0.2, 0.25) is 0 Å². The number of fused-ring (bicyclic) bond motifs is 1. The van der Waals surface area contributed by atoms with Crippen LogP contribution in [0.5, 0.6) is 5.75 Å². The number of esters is 1. The van der Waals surface area contributed by atoms with Crippen LogP contribution in [0.15, 0.2) is 16.6 Å². The zero-order valence-electron chi connectivity index (χ0n) is 7.15. The number of hydrogen-bond acceptors (Lipinski definition) is 4. The Morgan fingerprint density at radius 2 is 2.29 bits per heavy atom. The fraction of sp³-hybridized carbons (Fsp3) is 0.125. The van der Waals surface area contributed by atoms with E-state index in [0.717, 1.165) is 11.0 Å². The molecule has 0 fully saturated rings. The minimum absolute atomic E-state index is 0.0697. The van der Waals surface area contributed by atoms with Gasteiger partial charge in [0, 0.05) is 0 Å². The van der Waals surface area contributed by atoms with Crippen LogP contribution in [0.4, 0.5) is 0 Å². The van der Waals surface area contributed by atoms with Gasteiger partial charge in [-0.3, -0.25) is 0 Å². The fourth-order valence-corrected chi connectivity index (χ4v) is 2.94.